The topological polar surface area (TPSA) is 114 Å². The third-order valence-corrected chi connectivity index (χ3v) is 10.8. The van der Waals surface area contributed by atoms with Gasteiger partial charge in [-0.15, -0.1) is 3.77 Å². The van der Waals surface area contributed by atoms with Crippen molar-refractivity contribution >= 4 is 37.1 Å². The van der Waals surface area contributed by atoms with Crippen molar-refractivity contribution < 1.29 is 18.1 Å². The molecule has 3 rings (SSSR count). The molecule has 0 bridgehead atoms. The number of non-ortho nitro benzene ring substituents is 1. The van der Waals surface area contributed by atoms with E-state index in [1.807, 2.05) is 24.2 Å². The van der Waals surface area contributed by atoms with Gasteiger partial charge in [0.25, 0.3) is 15.7 Å². The van der Waals surface area contributed by atoms with Crippen LogP contribution in [0.4, 0.5) is 5.69 Å². The van der Waals surface area contributed by atoms with Gasteiger partial charge in [0.1, 0.15) is 0 Å². The highest BCUT2D eigenvalue weighted by Crippen LogP contribution is 2.36. The molecule has 198 valence electrons. The van der Waals surface area contributed by atoms with Crippen molar-refractivity contribution in [3.8, 4) is 0 Å². The van der Waals surface area contributed by atoms with Crippen molar-refractivity contribution in [3.05, 3.63) is 63.7 Å². The highest BCUT2D eigenvalue weighted by Gasteiger charge is 2.33. The van der Waals surface area contributed by atoms with Crippen LogP contribution in [0.25, 0.3) is 0 Å². The molecule has 0 amide bonds. The number of hydrogen-bond acceptors (Lipinski definition) is 6. The molecule has 12 heteroatoms. The Morgan fingerprint density at radius 1 is 1.03 bits per heavy atom. The molecule has 9 nitrogen and oxygen atoms in total. The third-order valence-electron chi connectivity index (χ3n) is 5.33. The molecule has 2 aromatic rings. The summed E-state index contributed by atoms with van der Waals surface area (Å²) in [6, 6.07) is 11.7. The molecule has 1 atom stereocenters. The Kier molecular flexibility index (Phi) is 8.51. The predicted molar refractivity (Wildman–Crippen MR) is 143 cm³/mol. The van der Waals surface area contributed by atoms with Crippen LogP contribution in [0, 0.1) is 15.5 Å². The molecule has 0 aromatic heterocycles. The average molecular weight is 557 g/mol. The minimum absolute atomic E-state index is 0.0746. The van der Waals surface area contributed by atoms with Gasteiger partial charge in [-0.25, -0.2) is 8.67 Å². The Labute approximate surface area is 219 Å². The van der Waals surface area contributed by atoms with Crippen molar-refractivity contribution in [2.24, 2.45) is 13.5 Å². The maximum atomic E-state index is 13.7. The molecular weight excluding hydrogens is 524 g/mol. The lowest BCUT2D eigenvalue weighted by Crippen LogP contribution is -2.42. The summed E-state index contributed by atoms with van der Waals surface area (Å²) in [7, 11) is -7.13. The van der Waals surface area contributed by atoms with Crippen molar-refractivity contribution in [3.63, 3.8) is 0 Å². The molecule has 1 saturated heterocycles. The summed E-state index contributed by atoms with van der Waals surface area (Å²) in [5.41, 5.74) is -0.913. The third kappa shape index (κ3) is 7.04. The molecular formula is C24H33ClN4O5S2. The first-order valence-electron chi connectivity index (χ1n) is 11.5. The van der Waals surface area contributed by atoms with E-state index in [0.29, 0.717) is 42.6 Å². The summed E-state index contributed by atoms with van der Waals surface area (Å²) in [6.45, 7) is 12.0. The van der Waals surface area contributed by atoms with E-state index in [0.717, 1.165) is 12.1 Å². The number of halogens is 1. The molecule has 0 N–H and O–H groups in total. The van der Waals surface area contributed by atoms with E-state index in [4.69, 9.17) is 20.7 Å². The van der Waals surface area contributed by atoms with Crippen LogP contribution < -0.4 is 0 Å². The van der Waals surface area contributed by atoms with E-state index in [1.165, 1.54) is 12.1 Å². The number of morpholine rings is 1. The molecule has 0 spiro atoms. The summed E-state index contributed by atoms with van der Waals surface area (Å²) in [5, 5.41) is 11.5. The molecule has 0 aliphatic carbocycles. The normalized spacial score (nSPS) is 17.3. The molecule has 1 aliphatic rings. The first-order chi connectivity index (χ1) is 16.6. The molecule has 0 saturated carbocycles. The van der Waals surface area contributed by atoms with Gasteiger partial charge in [0.15, 0.2) is 0 Å². The van der Waals surface area contributed by atoms with E-state index < -0.39 is 30.3 Å². The van der Waals surface area contributed by atoms with Gasteiger partial charge in [0, 0.05) is 44.9 Å². The average Bonchev–Trinajstić information content (AvgIpc) is 2.77. The van der Waals surface area contributed by atoms with Crippen LogP contribution >= 0.6 is 11.6 Å². The fourth-order valence-electron chi connectivity index (χ4n) is 4.40. The zero-order valence-electron chi connectivity index (χ0n) is 21.2. The highest BCUT2D eigenvalue weighted by molar-refractivity contribution is 8.03. The standard InChI is InChI=1S/C24H33ClN4O5S2/c1-23(2,3)18-24(4,5)26-35(28-13-15-34-16-14-28,22-8-6-7-19(25)17-22)27-36(32,33)21-11-9-20(10-12-21)29(30)31/h6-12,17H,13-16,18H2,1-5H3. The minimum atomic E-state index is -4.27. The van der Waals surface area contributed by atoms with Crippen molar-refractivity contribution in [1.29, 1.82) is 0 Å². The lowest BCUT2D eigenvalue weighted by atomic mass is 9.82. The second-order valence-corrected chi connectivity index (χ2v) is 15.1. The van der Waals surface area contributed by atoms with Crippen molar-refractivity contribution in [2.45, 2.75) is 56.4 Å². The summed E-state index contributed by atoms with van der Waals surface area (Å²) < 4.78 is 44.8. The number of nitrogens with zero attached hydrogens (tertiary/aromatic N) is 4. The fraction of sp³-hybridized carbons (Fsp3) is 0.500. The molecule has 2 aromatic carbocycles. The quantitative estimate of drug-likeness (QED) is 0.306. The molecule has 0 radical (unpaired) electrons. The molecule has 1 unspecified atom stereocenters. The Bertz CT molecular complexity index is 1340. The zero-order chi connectivity index (χ0) is 26.8. The number of nitro groups is 1. The second-order valence-electron chi connectivity index (χ2n) is 10.5. The highest BCUT2D eigenvalue weighted by atomic mass is 35.5. The van der Waals surface area contributed by atoms with Gasteiger partial charge in [-0.05, 0) is 56.0 Å². The maximum Gasteiger partial charge on any atom is 0.290 e. The second kappa shape index (κ2) is 10.7. The summed E-state index contributed by atoms with van der Waals surface area (Å²) >= 11 is 6.38. The minimum Gasteiger partial charge on any atom is -0.379 e. The number of sulfonamides is 1. The number of hydrogen-bond donors (Lipinski definition) is 0. The Hall–Kier alpha value is -2.05. The molecule has 1 aliphatic heterocycles. The zero-order valence-corrected chi connectivity index (χ0v) is 23.6. The maximum absolute atomic E-state index is 13.7. The number of benzene rings is 2. The van der Waals surface area contributed by atoms with Gasteiger partial charge in [-0.2, -0.15) is 8.42 Å². The molecule has 36 heavy (non-hydrogen) atoms. The lowest BCUT2D eigenvalue weighted by Gasteiger charge is -2.37. The summed E-state index contributed by atoms with van der Waals surface area (Å²) in [6.07, 6.45) is 0.687. The van der Waals surface area contributed by atoms with E-state index in [9.17, 15) is 18.5 Å². The van der Waals surface area contributed by atoms with Crippen LogP contribution in [0.2, 0.25) is 5.02 Å². The molecule has 1 heterocycles. The van der Waals surface area contributed by atoms with E-state index in [2.05, 4.69) is 24.5 Å². The smallest absolute Gasteiger partial charge is 0.290 e. The van der Waals surface area contributed by atoms with Gasteiger partial charge in [0.05, 0.1) is 28.6 Å². The van der Waals surface area contributed by atoms with Crippen LogP contribution in [0.3, 0.4) is 0 Å². The summed E-state index contributed by atoms with van der Waals surface area (Å²) in [5.74, 6) is 0. The van der Waals surface area contributed by atoms with E-state index >= 15 is 0 Å². The van der Waals surface area contributed by atoms with Gasteiger partial charge in [-0.3, -0.25) is 10.1 Å². The lowest BCUT2D eigenvalue weighted by molar-refractivity contribution is -0.384. The van der Waals surface area contributed by atoms with Gasteiger partial charge in [-0.1, -0.05) is 38.4 Å². The SMILES string of the molecule is CC(C)(C)CC(C)(C)N=S(=NS(=O)(=O)c1ccc([N+](=O)[O-])cc1)(c1cccc(Cl)c1)N1CCOCC1. The number of ether oxygens (including phenoxy) is 1. The Balaban J connectivity index is 2.39. The van der Waals surface area contributed by atoms with E-state index in [1.54, 1.807) is 18.2 Å². The van der Waals surface area contributed by atoms with E-state index in [-0.39, 0.29) is 16.0 Å². The molecule has 1 fully saturated rings. The van der Waals surface area contributed by atoms with Crippen LogP contribution in [0.1, 0.15) is 41.0 Å². The van der Waals surface area contributed by atoms with Gasteiger partial charge < -0.3 is 4.74 Å². The van der Waals surface area contributed by atoms with Gasteiger partial charge >= 0.3 is 0 Å². The monoisotopic (exact) mass is 556 g/mol. The Morgan fingerprint density at radius 3 is 2.17 bits per heavy atom. The van der Waals surface area contributed by atoms with Crippen LogP contribution in [-0.4, -0.2) is 49.5 Å². The van der Waals surface area contributed by atoms with Crippen molar-refractivity contribution in [2.75, 3.05) is 26.3 Å². The van der Waals surface area contributed by atoms with Crippen molar-refractivity contribution in [1.82, 2.24) is 4.31 Å². The Morgan fingerprint density at radius 2 is 1.64 bits per heavy atom. The van der Waals surface area contributed by atoms with Crippen LogP contribution in [0.5, 0.6) is 0 Å². The van der Waals surface area contributed by atoms with Gasteiger partial charge in [0.2, 0.25) is 0 Å². The first-order valence-corrected chi connectivity index (χ1v) is 14.9. The summed E-state index contributed by atoms with van der Waals surface area (Å²) in [4.78, 5) is 11.0. The number of rotatable bonds is 7. The number of nitro benzene ring substituents is 1. The van der Waals surface area contributed by atoms with Crippen LogP contribution in [0.15, 0.2) is 66.5 Å². The largest absolute Gasteiger partial charge is 0.379 e. The first kappa shape index (κ1) is 28.5. The van der Waals surface area contributed by atoms with Crippen LogP contribution in [-0.2, 0) is 24.6 Å². The fourth-order valence-corrected chi connectivity index (χ4v) is 9.91. The predicted octanol–water partition coefficient (Wildman–Crippen LogP) is 5.98.